The number of allylic oxidation sites excluding steroid dienone is 1. The van der Waals surface area contributed by atoms with Gasteiger partial charge < -0.3 is 14.6 Å². The second-order valence-corrected chi connectivity index (χ2v) is 9.99. The van der Waals surface area contributed by atoms with Crippen LogP contribution in [0.3, 0.4) is 0 Å². The Morgan fingerprint density at radius 1 is 1.12 bits per heavy atom. The van der Waals surface area contributed by atoms with Crippen molar-refractivity contribution in [3.63, 3.8) is 0 Å². The summed E-state index contributed by atoms with van der Waals surface area (Å²) in [5.74, 6) is 0.587. The van der Waals surface area contributed by atoms with E-state index in [4.69, 9.17) is 9.47 Å². The molecular formula is C21H28O4. The fourth-order valence-corrected chi connectivity index (χ4v) is 8.42. The average molecular weight is 344 g/mol. The van der Waals surface area contributed by atoms with E-state index in [9.17, 15) is 9.90 Å². The van der Waals surface area contributed by atoms with E-state index in [1.54, 1.807) is 0 Å². The zero-order chi connectivity index (χ0) is 17.2. The van der Waals surface area contributed by atoms with Crippen LogP contribution in [0.25, 0.3) is 0 Å². The number of esters is 1. The van der Waals surface area contributed by atoms with Crippen molar-refractivity contribution in [1.82, 2.24) is 0 Å². The molecule has 5 fully saturated rings. The third kappa shape index (κ3) is 1.39. The Bertz CT molecular complexity index is 715. The van der Waals surface area contributed by atoms with Gasteiger partial charge in [-0.3, -0.25) is 4.79 Å². The monoisotopic (exact) mass is 344 g/mol. The summed E-state index contributed by atoms with van der Waals surface area (Å²) in [6.45, 7) is 4.41. The van der Waals surface area contributed by atoms with Crippen molar-refractivity contribution in [3.05, 3.63) is 11.6 Å². The lowest BCUT2D eigenvalue weighted by atomic mass is 9.46. The first kappa shape index (κ1) is 15.2. The number of hydrogen-bond donors (Lipinski definition) is 1. The van der Waals surface area contributed by atoms with Crippen LogP contribution in [0.5, 0.6) is 0 Å². The molecule has 0 radical (unpaired) electrons. The van der Waals surface area contributed by atoms with Crippen molar-refractivity contribution in [2.45, 2.75) is 82.7 Å². The Hall–Kier alpha value is -0.870. The van der Waals surface area contributed by atoms with E-state index >= 15 is 0 Å². The maximum absolute atomic E-state index is 13.0. The van der Waals surface area contributed by atoms with Gasteiger partial charge in [0.2, 0.25) is 5.79 Å². The highest BCUT2D eigenvalue weighted by atomic mass is 16.8. The van der Waals surface area contributed by atoms with Crippen LogP contribution in [0.2, 0.25) is 0 Å². The van der Waals surface area contributed by atoms with Crippen molar-refractivity contribution in [3.8, 4) is 0 Å². The molecule has 0 aromatic rings. The molecule has 4 nitrogen and oxygen atoms in total. The van der Waals surface area contributed by atoms with Gasteiger partial charge in [-0.2, -0.15) is 0 Å². The Balaban J connectivity index is 1.48. The van der Waals surface area contributed by atoms with Crippen LogP contribution in [0.15, 0.2) is 11.6 Å². The van der Waals surface area contributed by atoms with Crippen LogP contribution in [0, 0.1) is 28.6 Å². The van der Waals surface area contributed by atoms with Crippen molar-refractivity contribution in [1.29, 1.82) is 0 Å². The Morgan fingerprint density at radius 2 is 1.96 bits per heavy atom. The lowest BCUT2D eigenvalue weighted by Gasteiger charge is -2.60. The number of hydrogen-bond acceptors (Lipinski definition) is 4. The maximum atomic E-state index is 13.0. The van der Waals surface area contributed by atoms with Crippen molar-refractivity contribution in [2.75, 3.05) is 0 Å². The predicted octanol–water partition coefficient (Wildman–Crippen LogP) is 3.33. The molecule has 25 heavy (non-hydrogen) atoms. The van der Waals surface area contributed by atoms with Gasteiger partial charge in [-0.25, -0.2) is 0 Å². The number of carbonyl (C=O) groups excluding carboxylic acids is 1. The molecule has 1 spiro atoms. The standard InChI is InChI=1S/C21H28O4/c1-18-8-5-13(22)11-12(18)3-4-15-14(18)6-9-20-16-7-10-21(15,20)25-19(16,2)24-17(20)23/h3,13-16,22H,4-11H2,1-2H3/t13-,14-,15+,16+,18+,19+,20-,21+/m0/s1. The van der Waals surface area contributed by atoms with Gasteiger partial charge in [0, 0.05) is 12.8 Å². The summed E-state index contributed by atoms with van der Waals surface area (Å²) in [5, 5.41) is 10.1. The molecular weight excluding hydrogens is 316 g/mol. The van der Waals surface area contributed by atoms with Crippen LogP contribution in [0.1, 0.15) is 65.2 Å². The minimum Gasteiger partial charge on any atom is -0.432 e. The van der Waals surface area contributed by atoms with Gasteiger partial charge in [-0.1, -0.05) is 18.6 Å². The van der Waals surface area contributed by atoms with E-state index in [2.05, 4.69) is 13.0 Å². The van der Waals surface area contributed by atoms with E-state index in [1.807, 2.05) is 6.92 Å². The van der Waals surface area contributed by atoms with E-state index in [0.717, 1.165) is 51.4 Å². The van der Waals surface area contributed by atoms with Crippen LogP contribution >= 0.6 is 0 Å². The molecule has 0 aromatic heterocycles. The Kier molecular flexibility index (Phi) is 2.54. The summed E-state index contributed by atoms with van der Waals surface area (Å²) < 4.78 is 12.4. The van der Waals surface area contributed by atoms with Crippen molar-refractivity contribution >= 4 is 5.97 Å². The van der Waals surface area contributed by atoms with E-state index < -0.39 is 5.79 Å². The Labute approximate surface area is 148 Å². The van der Waals surface area contributed by atoms with E-state index in [0.29, 0.717) is 11.8 Å². The van der Waals surface area contributed by atoms with Crippen LogP contribution in [0.4, 0.5) is 0 Å². The molecule has 4 aliphatic carbocycles. The van der Waals surface area contributed by atoms with Gasteiger partial charge in [0.05, 0.1) is 11.7 Å². The summed E-state index contributed by atoms with van der Waals surface area (Å²) in [6, 6.07) is 0. The molecule has 0 unspecified atom stereocenters. The third-order valence-corrected chi connectivity index (χ3v) is 9.39. The van der Waals surface area contributed by atoms with Gasteiger partial charge in [0.25, 0.3) is 0 Å². The van der Waals surface area contributed by atoms with Crippen LogP contribution in [-0.4, -0.2) is 28.6 Å². The normalized spacial score (nSPS) is 61.2. The van der Waals surface area contributed by atoms with Crippen molar-refractivity contribution < 1.29 is 19.4 Å². The predicted molar refractivity (Wildman–Crippen MR) is 90.3 cm³/mol. The molecule has 4 bridgehead atoms. The van der Waals surface area contributed by atoms with Crippen LogP contribution < -0.4 is 0 Å². The second-order valence-electron chi connectivity index (χ2n) is 9.99. The molecule has 1 N–H and O–H groups in total. The number of aliphatic hydroxyl groups excluding tert-OH is 1. The second kappa shape index (κ2) is 4.17. The number of carbonyl (C=O) groups is 1. The minimum atomic E-state index is -0.683. The molecule has 6 aliphatic rings. The molecule has 4 heteroatoms. The lowest BCUT2D eigenvalue weighted by molar-refractivity contribution is -0.306. The quantitative estimate of drug-likeness (QED) is 0.541. The molecule has 6 rings (SSSR count). The summed E-state index contributed by atoms with van der Waals surface area (Å²) in [5.41, 5.74) is 0.961. The van der Waals surface area contributed by atoms with Gasteiger partial charge in [0.1, 0.15) is 5.41 Å². The minimum absolute atomic E-state index is 0.0289. The molecule has 3 saturated carbocycles. The zero-order valence-electron chi connectivity index (χ0n) is 15.2. The molecule has 0 amide bonds. The van der Waals surface area contributed by atoms with Crippen molar-refractivity contribution in [2.24, 2.45) is 28.6 Å². The first-order chi connectivity index (χ1) is 11.9. The largest absolute Gasteiger partial charge is 0.432 e. The highest BCUT2D eigenvalue weighted by Gasteiger charge is 2.86. The molecule has 8 atom stereocenters. The molecule has 2 aliphatic heterocycles. The number of ether oxygens (including phenoxy) is 2. The maximum Gasteiger partial charge on any atom is 0.318 e. The summed E-state index contributed by atoms with van der Waals surface area (Å²) >= 11 is 0. The van der Waals surface area contributed by atoms with Gasteiger partial charge in [-0.15, -0.1) is 0 Å². The molecule has 2 heterocycles. The van der Waals surface area contributed by atoms with Gasteiger partial charge in [-0.05, 0) is 68.6 Å². The van der Waals surface area contributed by atoms with E-state index in [1.165, 1.54) is 5.57 Å². The lowest BCUT2D eigenvalue weighted by Crippen LogP contribution is -2.64. The first-order valence-corrected chi connectivity index (χ1v) is 10.2. The first-order valence-electron chi connectivity index (χ1n) is 10.2. The summed E-state index contributed by atoms with van der Waals surface area (Å²) in [7, 11) is 0. The fraction of sp³-hybridized carbons (Fsp3) is 0.857. The molecule has 0 aromatic carbocycles. The number of rotatable bonds is 0. The highest BCUT2D eigenvalue weighted by molar-refractivity contribution is 5.84. The fourth-order valence-electron chi connectivity index (χ4n) is 8.42. The van der Waals surface area contributed by atoms with Gasteiger partial charge in [0.15, 0.2) is 0 Å². The zero-order valence-corrected chi connectivity index (χ0v) is 15.2. The number of fused-ring (bicyclic) bond motifs is 3. The average Bonchev–Trinajstić information content (AvgIpc) is 3.09. The third-order valence-electron chi connectivity index (χ3n) is 9.39. The topological polar surface area (TPSA) is 55.8 Å². The van der Waals surface area contributed by atoms with Crippen LogP contribution in [-0.2, 0) is 14.3 Å². The Morgan fingerprint density at radius 3 is 2.80 bits per heavy atom. The number of aliphatic hydroxyl groups is 1. The molecule has 136 valence electrons. The summed E-state index contributed by atoms with van der Waals surface area (Å²) in [6.07, 6.45) is 10.1. The molecule has 2 saturated heterocycles. The van der Waals surface area contributed by atoms with Gasteiger partial charge >= 0.3 is 5.97 Å². The smallest absolute Gasteiger partial charge is 0.318 e. The van der Waals surface area contributed by atoms with E-state index in [-0.39, 0.29) is 34.4 Å². The SMILES string of the molecule is C[C@]12OC(=O)[C@@]34CC[C@H]5[C@@H](CC=C6C[C@@H](O)CC[C@]65C)[C@@]3(CC[C@H]14)O2. The highest BCUT2D eigenvalue weighted by Crippen LogP contribution is 2.78. The summed E-state index contributed by atoms with van der Waals surface area (Å²) in [4.78, 5) is 13.0.